The normalized spacial score (nSPS) is 18.7. The van der Waals surface area contributed by atoms with Gasteiger partial charge in [0.15, 0.2) is 0 Å². The van der Waals surface area contributed by atoms with Gasteiger partial charge in [-0.15, -0.1) is 0 Å². The van der Waals surface area contributed by atoms with Crippen LogP contribution in [-0.2, 0) is 26.0 Å². The molecule has 1 aliphatic carbocycles. The summed E-state index contributed by atoms with van der Waals surface area (Å²) >= 11 is 0. The first kappa shape index (κ1) is 27.3. The topological polar surface area (TPSA) is 83.9 Å². The molecular formula is C29H36FNO5S. The molecule has 2 aromatic carbocycles. The second-order valence-corrected chi connectivity index (χ2v) is 12.9. The lowest BCUT2D eigenvalue weighted by Crippen LogP contribution is -2.39. The molecule has 4 rings (SSSR count). The Morgan fingerprint density at radius 1 is 1.19 bits per heavy atom. The SMILES string of the molecule is COCC[C@@H]1c2cccc(F)c2-c2c(C)c(C3=CCC(C)(C)CC3)c(CC(=O)O)c(C)c2N1S(C)(=O)=O. The van der Waals surface area contributed by atoms with E-state index in [0.29, 0.717) is 45.5 Å². The van der Waals surface area contributed by atoms with Crippen molar-refractivity contribution in [3.63, 3.8) is 0 Å². The third kappa shape index (κ3) is 4.93. The number of sulfonamides is 1. The molecule has 1 heterocycles. The molecule has 6 nitrogen and oxygen atoms in total. The van der Waals surface area contributed by atoms with Gasteiger partial charge in [-0.1, -0.05) is 32.1 Å². The molecule has 37 heavy (non-hydrogen) atoms. The van der Waals surface area contributed by atoms with Crippen molar-refractivity contribution < 1.29 is 27.4 Å². The van der Waals surface area contributed by atoms with Crippen LogP contribution in [0.3, 0.4) is 0 Å². The van der Waals surface area contributed by atoms with Crippen LogP contribution in [0.4, 0.5) is 10.1 Å². The molecule has 1 aliphatic heterocycles. The summed E-state index contributed by atoms with van der Waals surface area (Å²) in [5.74, 6) is -1.42. The highest BCUT2D eigenvalue weighted by Gasteiger charge is 2.41. The van der Waals surface area contributed by atoms with Gasteiger partial charge in [0.25, 0.3) is 0 Å². The third-order valence-corrected chi connectivity index (χ3v) is 8.98. The summed E-state index contributed by atoms with van der Waals surface area (Å²) in [7, 11) is -2.28. The number of hydrogen-bond donors (Lipinski definition) is 1. The molecule has 0 saturated carbocycles. The van der Waals surface area contributed by atoms with Crippen LogP contribution in [0.25, 0.3) is 16.7 Å². The quantitative estimate of drug-likeness (QED) is 0.463. The van der Waals surface area contributed by atoms with Crippen molar-refractivity contribution >= 4 is 27.3 Å². The number of ether oxygens (including phenoxy) is 1. The van der Waals surface area contributed by atoms with Crippen LogP contribution in [0.2, 0.25) is 0 Å². The lowest BCUT2D eigenvalue weighted by atomic mass is 9.73. The summed E-state index contributed by atoms with van der Waals surface area (Å²) in [6.45, 7) is 8.33. The van der Waals surface area contributed by atoms with Gasteiger partial charge in [-0.05, 0) is 84.4 Å². The van der Waals surface area contributed by atoms with E-state index in [-0.39, 0.29) is 18.4 Å². The maximum absolute atomic E-state index is 15.7. The Morgan fingerprint density at radius 2 is 1.89 bits per heavy atom. The van der Waals surface area contributed by atoms with E-state index in [1.54, 1.807) is 26.2 Å². The van der Waals surface area contributed by atoms with Gasteiger partial charge in [0.2, 0.25) is 10.0 Å². The minimum absolute atomic E-state index is 0.147. The van der Waals surface area contributed by atoms with E-state index in [1.165, 1.54) is 10.4 Å². The van der Waals surface area contributed by atoms with Gasteiger partial charge in [0, 0.05) is 24.8 Å². The number of aliphatic carboxylic acids is 1. The predicted molar refractivity (Wildman–Crippen MR) is 145 cm³/mol. The Labute approximate surface area is 219 Å². The summed E-state index contributed by atoms with van der Waals surface area (Å²) in [6, 6.07) is 4.10. The van der Waals surface area contributed by atoms with Crippen molar-refractivity contribution in [2.75, 3.05) is 24.3 Å². The predicted octanol–water partition coefficient (Wildman–Crippen LogP) is 6.19. The van der Waals surface area contributed by atoms with E-state index in [0.717, 1.165) is 36.7 Å². The number of anilines is 1. The number of allylic oxidation sites excluding steroid dienone is 2. The fraction of sp³-hybridized carbons (Fsp3) is 0.483. The van der Waals surface area contributed by atoms with E-state index in [1.807, 2.05) is 6.92 Å². The minimum Gasteiger partial charge on any atom is -0.481 e. The molecule has 0 amide bonds. The van der Waals surface area contributed by atoms with Gasteiger partial charge in [0.05, 0.1) is 24.4 Å². The van der Waals surface area contributed by atoms with Crippen molar-refractivity contribution in [2.45, 2.75) is 65.8 Å². The molecule has 0 aromatic heterocycles. The molecule has 0 bridgehead atoms. The van der Waals surface area contributed by atoms with Crippen molar-refractivity contribution in [3.8, 4) is 11.1 Å². The molecule has 200 valence electrons. The highest BCUT2D eigenvalue weighted by molar-refractivity contribution is 7.92. The van der Waals surface area contributed by atoms with Crippen molar-refractivity contribution in [2.24, 2.45) is 5.41 Å². The van der Waals surface area contributed by atoms with Crippen LogP contribution in [0.15, 0.2) is 24.3 Å². The zero-order valence-electron chi connectivity index (χ0n) is 22.4. The second-order valence-electron chi connectivity index (χ2n) is 11.1. The number of carbonyl (C=O) groups is 1. The van der Waals surface area contributed by atoms with E-state index >= 15 is 4.39 Å². The number of hydrogen-bond acceptors (Lipinski definition) is 4. The maximum atomic E-state index is 15.7. The highest BCUT2D eigenvalue weighted by atomic mass is 32.2. The fourth-order valence-corrected chi connectivity index (χ4v) is 7.24. The van der Waals surface area contributed by atoms with Crippen LogP contribution in [0, 0.1) is 25.1 Å². The molecule has 0 fully saturated rings. The first-order chi connectivity index (χ1) is 17.3. The smallest absolute Gasteiger partial charge is 0.307 e. The Hall–Kier alpha value is -2.71. The zero-order valence-corrected chi connectivity index (χ0v) is 23.3. The Balaban J connectivity index is 2.14. The number of methoxy groups -OCH3 is 1. The Bertz CT molecular complexity index is 1390. The van der Waals surface area contributed by atoms with Gasteiger partial charge < -0.3 is 9.84 Å². The number of halogens is 1. The number of benzene rings is 2. The highest BCUT2D eigenvalue weighted by Crippen LogP contribution is 2.54. The molecule has 0 saturated heterocycles. The molecule has 0 unspecified atom stereocenters. The van der Waals surface area contributed by atoms with Gasteiger partial charge in [0.1, 0.15) is 5.82 Å². The van der Waals surface area contributed by atoms with Crippen LogP contribution in [0.1, 0.15) is 73.4 Å². The first-order valence-electron chi connectivity index (χ1n) is 12.6. The molecule has 2 aromatic rings. The maximum Gasteiger partial charge on any atom is 0.307 e. The molecule has 1 N–H and O–H groups in total. The van der Waals surface area contributed by atoms with Crippen LogP contribution < -0.4 is 4.31 Å². The van der Waals surface area contributed by atoms with E-state index in [2.05, 4.69) is 19.9 Å². The van der Waals surface area contributed by atoms with E-state index in [4.69, 9.17) is 4.74 Å². The van der Waals surface area contributed by atoms with Gasteiger partial charge in [-0.25, -0.2) is 12.8 Å². The minimum atomic E-state index is -3.82. The number of carboxylic acids is 1. The zero-order chi connectivity index (χ0) is 27.3. The Kier molecular flexibility index (Phi) is 7.29. The second kappa shape index (κ2) is 9.87. The van der Waals surface area contributed by atoms with Crippen LogP contribution >= 0.6 is 0 Å². The fourth-order valence-electron chi connectivity index (χ4n) is 6.00. The molecule has 0 radical (unpaired) electrons. The first-order valence-corrected chi connectivity index (χ1v) is 14.5. The molecule has 2 aliphatic rings. The van der Waals surface area contributed by atoms with Crippen molar-refractivity contribution in [1.29, 1.82) is 0 Å². The van der Waals surface area contributed by atoms with Gasteiger partial charge in [-0.2, -0.15) is 0 Å². The summed E-state index contributed by atoms with van der Waals surface area (Å²) in [5.41, 5.74) is 5.75. The summed E-state index contributed by atoms with van der Waals surface area (Å²) in [4.78, 5) is 12.0. The summed E-state index contributed by atoms with van der Waals surface area (Å²) in [5, 5.41) is 9.86. The molecule has 1 atom stereocenters. The standard InChI is InChI=1S/C29H36FNO5S/c1-17-21(16-24(32)33)25(19-10-13-29(3,4)14-11-19)18(2)26-27-20(8-7-9-22(27)30)23(12-15-36-5)31(28(17)26)37(6,34)35/h7-10,23H,11-16H2,1-6H3,(H,32,33)/t23-/m1/s1. The third-order valence-electron chi connectivity index (χ3n) is 7.83. The molecule has 8 heteroatoms. The monoisotopic (exact) mass is 529 g/mol. The largest absolute Gasteiger partial charge is 0.481 e. The van der Waals surface area contributed by atoms with Crippen LogP contribution in [-0.4, -0.2) is 39.5 Å². The number of fused-ring (bicyclic) bond motifs is 3. The summed E-state index contributed by atoms with van der Waals surface area (Å²) < 4.78 is 49.0. The van der Waals surface area contributed by atoms with Crippen molar-refractivity contribution in [1.82, 2.24) is 0 Å². The lowest BCUT2D eigenvalue weighted by Gasteiger charge is -2.42. The average molecular weight is 530 g/mol. The Morgan fingerprint density at radius 3 is 2.46 bits per heavy atom. The molecule has 0 spiro atoms. The van der Waals surface area contributed by atoms with E-state index < -0.39 is 27.9 Å². The van der Waals surface area contributed by atoms with Crippen LogP contribution in [0.5, 0.6) is 0 Å². The van der Waals surface area contributed by atoms with Gasteiger partial charge >= 0.3 is 5.97 Å². The number of nitrogens with zero attached hydrogens (tertiary/aromatic N) is 1. The average Bonchev–Trinajstić information content (AvgIpc) is 2.80. The lowest BCUT2D eigenvalue weighted by molar-refractivity contribution is -0.136. The number of carboxylic acid groups (broad SMARTS) is 1. The number of rotatable bonds is 7. The van der Waals surface area contributed by atoms with E-state index in [9.17, 15) is 18.3 Å². The summed E-state index contributed by atoms with van der Waals surface area (Å²) in [6.07, 6.45) is 5.96. The van der Waals surface area contributed by atoms with Gasteiger partial charge in [-0.3, -0.25) is 9.10 Å². The van der Waals surface area contributed by atoms with Crippen molar-refractivity contribution in [3.05, 3.63) is 57.9 Å². The molecular weight excluding hydrogens is 493 g/mol.